The molecule has 0 aromatic heterocycles. The molecule has 31 heavy (non-hydrogen) atoms. The number of halogens is 2. The second-order valence-electron chi connectivity index (χ2n) is 9.78. The van der Waals surface area contributed by atoms with Gasteiger partial charge in [-0.15, -0.1) is 0 Å². The Morgan fingerprint density at radius 2 is 1.58 bits per heavy atom. The van der Waals surface area contributed by atoms with E-state index < -0.39 is 0 Å². The highest BCUT2D eigenvalue weighted by atomic mass is 79.9. The molecule has 4 nitrogen and oxygen atoms in total. The van der Waals surface area contributed by atoms with Crippen molar-refractivity contribution in [2.75, 3.05) is 6.61 Å². The molecule has 0 bridgehead atoms. The Labute approximate surface area is 203 Å². The minimum atomic E-state index is -0.317. The summed E-state index contributed by atoms with van der Waals surface area (Å²) in [5, 5.41) is 4.18. The summed E-state index contributed by atoms with van der Waals surface area (Å²) in [6.45, 7) is 15.0. The van der Waals surface area contributed by atoms with Gasteiger partial charge in [0.1, 0.15) is 5.75 Å². The summed E-state index contributed by atoms with van der Waals surface area (Å²) in [6.07, 6.45) is 1.04. The maximum Gasteiger partial charge on any atom is 0.277 e. The van der Waals surface area contributed by atoms with Gasteiger partial charge in [-0.05, 0) is 86.2 Å². The number of nitrogens with zero attached hydrogens (tertiary/aromatic N) is 1. The molecule has 0 aliphatic rings. The Morgan fingerprint density at radius 3 is 2.10 bits per heavy atom. The monoisotopic (exact) mass is 550 g/mol. The van der Waals surface area contributed by atoms with E-state index in [0.29, 0.717) is 5.75 Å². The Balaban J connectivity index is 2.04. The van der Waals surface area contributed by atoms with Crippen LogP contribution in [0.3, 0.4) is 0 Å². The Hall–Kier alpha value is -1.66. The lowest BCUT2D eigenvalue weighted by Gasteiger charge is -2.33. The molecule has 1 amide bonds. The van der Waals surface area contributed by atoms with Gasteiger partial charge in [0.25, 0.3) is 5.91 Å². The minimum Gasteiger partial charge on any atom is -0.481 e. The third-order valence-corrected chi connectivity index (χ3v) is 6.10. The Bertz CT molecular complexity index is 935. The summed E-state index contributed by atoms with van der Waals surface area (Å²) in [6, 6.07) is 12.1. The quantitative estimate of drug-likeness (QED) is 0.293. The van der Waals surface area contributed by atoms with E-state index in [0.717, 1.165) is 26.6 Å². The van der Waals surface area contributed by atoms with Gasteiger partial charge in [0.15, 0.2) is 6.61 Å². The Morgan fingerprint density at radius 1 is 1.03 bits per heavy atom. The number of benzene rings is 2. The first-order chi connectivity index (χ1) is 14.3. The number of hydrogen-bond acceptors (Lipinski definition) is 3. The van der Waals surface area contributed by atoms with Gasteiger partial charge in [-0.3, -0.25) is 4.79 Å². The summed E-state index contributed by atoms with van der Waals surface area (Å²) < 4.78 is 7.40. The molecular formula is C25H32Br2N2O2. The summed E-state index contributed by atoms with van der Waals surface area (Å²) in [4.78, 5) is 12.2. The minimum absolute atomic E-state index is 0.00140. The molecular weight excluding hydrogens is 520 g/mol. The molecule has 0 heterocycles. The number of carbonyl (C=O) groups excluding carboxylic acids is 1. The molecule has 0 unspecified atom stereocenters. The lowest BCUT2D eigenvalue weighted by molar-refractivity contribution is -0.123. The number of nitrogens with one attached hydrogen (secondary N) is 1. The number of hydrogen-bond donors (Lipinski definition) is 1. The van der Waals surface area contributed by atoms with Crippen LogP contribution in [0.25, 0.3) is 0 Å². The first-order valence-corrected chi connectivity index (χ1v) is 11.9. The van der Waals surface area contributed by atoms with Crippen molar-refractivity contribution in [1.82, 2.24) is 5.43 Å². The Kier molecular flexibility index (Phi) is 8.51. The van der Waals surface area contributed by atoms with E-state index in [1.807, 2.05) is 38.1 Å². The van der Waals surface area contributed by atoms with Crippen LogP contribution >= 0.6 is 31.9 Å². The second-order valence-corrected chi connectivity index (χ2v) is 11.5. The molecule has 2 aromatic carbocycles. The third kappa shape index (κ3) is 7.76. The van der Waals surface area contributed by atoms with E-state index in [9.17, 15) is 4.79 Å². The van der Waals surface area contributed by atoms with Gasteiger partial charge in [-0.1, -0.05) is 64.4 Å². The van der Waals surface area contributed by atoms with Crippen molar-refractivity contribution < 1.29 is 9.53 Å². The molecule has 0 aliphatic carbocycles. The lowest BCUT2D eigenvalue weighted by Crippen LogP contribution is -2.26. The number of ether oxygens (including phenoxy) is 1. The van der Waals surface area contributed by atoms with Crippen LogP contribution in [0, 0.1) is 12.3 Å². The highest BCUT2D eigenvalue weighted by molar-refractivity contribution is 9.11. The van der Waals surface area contributed by atoms with E-state index in [4.69, 9.17) is 4.74 Å². The van der Waals surface area contributed by atoms with E-state index in [2.05, 4.69) is 89.1 Å². The van der Waals surface area contributed by atoms with Crippen molar-refractivity contribution in [1.29, 1.82) is 0 Å². The fraction of sp³-hybridized carbons (Fsp3) is 0.440. The molecule has 0 radical (unpaired) electrons. The van der Waals surface area contributed by atoms with Crippen molar-refractivity contribution in [2.45, 2.75) is 60.3 Å². The van der Waals surface area contributed by atoms with E-state index in [-0.39, 0.29) is 23.3 Å². The van der Waals surface area contributed by atoms with Gasteiger partial charge >= 0.3 is 0 Å². The first-order valence-electron chi connectivity index (χ1n) is 10.3. The van der Waals surface area contributed by atoms with Crippen molar-refractivity contribution in [3.8, 4) is 5.75 Å². The zero-order chi connectivity index (χ0) is 23.4. The molecule has 6 heteroatoms. The molecule has 0 aliphatic heterocycles. The highest BCUT2D eigenvalue weighted by Crippen LogP contribution is 2.42. The number of aryl methyl sites for hydroxylation is 1. The van der Waals surface area contributed by atoms with Gasteiger partial charge in [-0.25, -0.2) is 5.43 Å². The fourth-order valence-electron chi connectivity index (χ4n) is 3.69. The van der Waals surface area contributed by atoms with Gasteiger partial charge in [0.05, 0.1) is 14.7 Å². The summed E-state index contributed by atoms with van der Waals surface area (Å²) in [5.41, 5.74) is 6.86. The smallest absolute Gasteiger partial charge is 0.277 e. The highest BCUT2D eigenvalue weighted by Gasteiger charge is 2.28. The van der Waals surface area contributed by atoms with Crippen LogP contribution in [-0.2, 0) is 10.2 Å². The standard InChI is InChI=1S/C25H32Br2N2O2/c1-16-8-10-18(11-9-16)17(2)28-29-22(30)14-31-23-20(26)12-19(13-21(23)27)25(6,7)15-24(3,4)5/h8-13H,14-15H2,1-7H3,(H,29,30)/b28-17-. The van der Waals surface area contributed by atoms with Crippen LogP contribution < -0.4 is 10.2 Å². The molecule has 0 atom stereocenters. The number of carbonyl (C=O) groups is 1. The zero-order valence-corrected chi connectivity index (χ0v) is 22.6. The normalized spacial score (nSPS) is 12.6. The zero-order valence-electron chi connectivity index (χ0n) is 19.4. The van der Waals surface area contributed by atoms with Crippen LogP contribution in [0.15, 0.2) is 50.4 Å². The average molecular weight is 552 g/mol. The van der Waals surface area contributed by atoms with Gasteiger partial charge in [0, 0.05) is 0 Å². The molecule has 0 saturated carbocycles. The number of rotatable bonds is 7. The van der Waals surface area contributed by atoms with Crippen molar-refractivity contribution in [3.63, 3.8) is 0 Å². The maximum absolute atomic E-state index is 12.2. The number of amides is 1. The molecule has 0 spiro atoms. The average Bonchev–Trinajstić information content (AvgIpc) is 2.64. The molecule has 2 rings (SSSR count). The second kappa shape index (κ2) is 10.3. The van der Waals surface area contributed by atoms with Crippen LogP contribution in [0.4, 0.5) is 0 Å². The van der Waals surface area contributed by atoms with Crippen molar-refractivity contribution >= 4 is 43.5 Å². The summed E-state index contributed by atoms with van der Waals surface area (Å²) >= 11 is 7.21. The fourth-order valence-corrected chi connectivity index (χ4v) is 5.11. The maximum atomic E-state index is 12.2. The molecule has 1 N–H and O–H groups in total. The molecule has 168 valence electrons. The summed E-state index contributed by atoms with van der Waals surface area (Å²) in [5.74, 6) is 0.284. The van der Waals surface area contributed by atoms with Crippen LogP contribution in [0.2, 0.25) is 0 Å². The van der Waals surface area contributed by atoms with E-state index >= 15 is 0 Å². The van der Waals surface area contributed by atoms with Gasteiger partial charge in [0.2, 0.25) is 0 Å². The predicted octanol–water partition coefficient (Wildman–Crippen LogP) is 7.15. The van der Waals surface area contributed by atoms with Crippen LogP contribution in [0.5, 0.6) is 5.75 Å². The number of hydrazone groups is 1. The van der Waals surface area contributed by atoms with Gasteiger partial charge in [-0.2, -0.15) is 5.10 Å². The van der Waals surface area contributed by atoms with Crippen molar-refractivity contribution in [2.24, 2.45) is 10.5 Å². The SMILES string of the molecule is C/C(=N/NC(=O)COc1c(Br)cc(C(C)(C)CC(C)(C)C)cc1Br)c1ccc(C)cc1. The molecule has 2 aromatic rings. The van der Waals surface area contributed by atoms with Crippen LogP contribution in [-0.4, -0.2) is 18.2 Å². The predicted molar refractivity (Wildman–Crippen MR) is 136 cm³/mol. The lowest BCUT2D eigenvalue weighted by atomic mass is 9.72. The molecule has 0 saturated heterocycles. The molecule has 0 fully saturated rings. The van der Waals surface area contributed by atoms with Gasteiger partial charge < -0.3 is 4.74 Å². The first kappa shape index (κ1) is 25.6. The van der Waals surface area contributed by atoms with E-state index in [1.165, 1.54) is 11.1 Å². The topological polar surface area (TPSA) is 50.7 Å². The summed E-state index contributed by atoms with van der Waals surface area (Å²) in [7, 11) is 0. The van der Waals surface area contributed by atoms with E-state index in [1.54, 1.807) is 0 Å². The van der Waals surface area contributed by atoms with Crippen molar-refractivity contribution in [3.05, 3.63) is 62.0 Å². The van der Waals surface area contributed by atoms with Crippen LogP contribution in [0.1, 0.15) is 64.7 Å². The largest absolute Gasteiger partial charge is 0.481 e. The third-order valence-electron chi connectivity index (χ3n) is 4.92.